The van der Waals surface area contributed by atoms with Crippen LogP contribution in [-0.4, -0.2) is 24.3 Å². The van der Waals surface area contributed by atoms with Gasteiger partial charge in [0.2, 0.25) is 0 Å². The van der Waals surface area contributed by atoms with Crippen molar-refractivity contribution in [2.24, 2.45) is 4.99 Å². The molecule has 2 heterocycles. The van der Waals surface area contributed by atoms with Crippen molar-refractivity contribution in [1.29, 1.82) is 5.26 Å². The van der Waals surface area contributed by atoms with E-state index < -0.39 is 12.0 Å². The van der Waals surface area contributed by atoms with Gasteiger partial charge in [0.25, 0.3) is 5.56 Å². The van der Waals surface area contributed by atoms with Gasteiger partial charge in [0.15, 0.2) is 11.4 Å². The van der Waals surface area contributed by atoms with Gasteiger partial charge in [-0.1, -0.05) is 64.5 Å². The fraction of sp³-hybridized carbons (Fsp3) is 0.200. The monoisotopic (exact) mass is 537 g/mol. The highest BCUT2D eigenvalue weighted by atomic mass is 79.9. The van der Waals surface area contributed by atoms with E-state index >= 15 is 0 Å². The van der Waals surface area contributed by atoms with E-state index in [1.807, 2.05) is 49.4 Å². The molecule has 3 aromatic rings. The quantitative estimate of drug-likeness (QED) is 0.449. The highest BCUT2D eigenvalue weighted by molar-refractivity contribution is 9.10. The lowest BCUT2D eigenvalue weighted by Crippen LogP contribution is -2.40. The third kappa shape index (κ3) is 4.47. The Labute approximate surface area is 208 Å². The van der Waals surface area contributed by atoms with Crippen LogP contribution < -0.4 is 19.6 Å². The maximum atomic E-state index is 13.7. The molecular formula is C25H20BrN3O4S. The first-order valence-corrected chi connectivity index (χ1v) is 12.1. The highest BCUT2D eigenvalue weighted by Gasteiger charge is 2.33. The lowest BCUT2D eigenvalue weighted by molar-refractivity contribution is -0.136. The van der Waals surface area contributed by atoms with Crippen LogP contribution in [0.2, 0.25) is 0 Å². The van der Waals surface area contributed by atoms with Gasteiger partial charge in [-0.15, -0.1) is 0 Å². The van der Waals surface area contributed by atoms with E-state index in [0.29, 0.717) is 38.3 Å². The number of hydrogen-bond acceptors (Lipinski definition) is 7. The van der Waals surface area contributed by atoms with E-state index in [9.17, 15) is 9.59 Å². The second-order valence-corrected chi connectivity index (χ2v) is 9.25. The van der Waals surface area contributed by atoms with Crippen LogP contribution in [0.15, 0.2) is 74.1 Å². The van der Waals surface area contributed by atoms with E-state index in [0.717, 1.165) is 10.0 Å². The standard InChI is InChI=1S/C25H20BrN3O4S/c1-3-18-21(24(31)32-2)22(15-7-5-4-6-8-15)29-23(30)20(34-25(29)28-18)14-16-13-17(26)9-10-19(16)33-12-11-27/h4-10,13-14,22H,3,12H2,1-2H3/b20-14-/t22-/m0/s1. The zero-order valence-corrected chi connectivity index (χ0v) is 20.9. The molecule has 0 saturated heterocycles. The fourth-order valence-corrected chi connectivity index (χ4v) is 5.22. The lowest BCUT2D eigenvalue weighted by Gasteiger charge is -2.25. The average molecular weight is 538 g/mol. The molecule has 9 heteroatoms. The van der Waals surface area contributed by atoms with Crippen molar-refractivity contribution < 1.29 is 14.3 Å². The number of ether oxygens (including phenoxy) is 2. The molecule has 0 aliphatic carbocycles. The summed E-state index contributed by atoms with van der Waals surface area (Å²) in [7, 11) is 1.33. The van der Waals surface area contributed by atoms with Crippen molar-refractivity contribution in [3.63, 3.8) is 0 Å². The van der Waals surface area contributed by atoms with Gasteiger partial charge in [0.05, 0.1) is 29.0 Å². The van der Waals surface area contributed by atoms with Crippen molar-refractivity contribution in [3.05, 3.63) is 95.1 Å². The van der Waals surface area contributed by atoms with Gasteiger partial charge in [-0.05, 0) is 36.3 Å². The van der Waals surface area contributed by atoms with Crippen LogP contribution in [0.25, 0.3) is 6.08 Å². The maximum Gasteiger partial charge on any atom is 0.338 e. The number of carbonyl (C=O) groups is 1. The maximum absolute atomic E-state index is 13.7. The van der Waals surface area contributed by atoms with Gasteiger partial charge in [-0.3, -0.25) is 9.36 Å². The van der Waals surface area contributed by atoms with Gasteiger partial charge in [0.1, 0.15) is 11.8 Å². The number of thiazole rings is 1. The molecule has 0 spiro atoms. The number of allylic oxidation sites excluding steroid dienone is 1. The number of rotatable bonds is 6. The van der Waals surface area contributed by atoms with E-state index in [-0.39, 0.29) is 12.2 Å². The SMILES string of the molecule is CCC1=C(C(=O)OC)[C@H](c2ccccc2)n2c(s/c(=C\c3cc(Br)ccc3OCC#N)c2=O)=N1. The Morgan fingerprint density at radius 1 is 1.29 bits per heavy atom. The molecule has 0 amide bonds. The summed E-state index contributed by atoms with van der Waals surface area (Å²) in [5.41, 5.74) is 2.11. The number of nitriles is 1. The smallest absolute Gasteiger partial charge is 0.338 e. The number of benzene rings is 2. The number of hydrogen-bond donors (Lipinski definition) is 0. The van der Waals surface area contributed by atoms with Crippen LogP contribution in [0.5, 0.6) is 5.75 Å². The first kappa shape index (κ1) is 23.7. The van der Waals surface area contributed by atoms with Crippen LogP contribution in [0.1, 0.15) is 30.5 Å². The summed E-state index contributed by atoms with van der Waals surface area (Å²) in [5.74, 6) is -0.0254. The minimum absolute atomic E-state index is 0.111. The molecule has 7 nitrogen and oxygen atoms in total. The number of methoxy groups -OCH3 is 1. The first-order valence-electron chi connectivity index (χ1n) is 10.5. The van der Waals surface area contributed by atoms with Crippen LogP contribution in [-0.2, 0) is 9.53 Å². The fourth-order valence-electron chi connectivity index (χ4n) is 3.83. The third-order valence-electron chi connectivity index (χ3n) is 5.32. The predicted octanol–water partition coefficient (Wildman–Crippen LogP) is 3.46. The van der Waals surface area contributed by atoms with E-state index in [4.69, 9.17) is 14.7 Å². The van der Waals surface area contributed by atoms with Crippen molar-refractivity contribution in [1.82, 2.24) is 4.57 Å². The van der Waals surface area contributed by atoms with Crippen molar-refractivity contribution in [2.75, 3.05) is 13.7 Å². The molecule has 0 N–H and O–H groups in total. The number of aromatic nitrogens is 1. The summed E-state index contributed by atoms with van der Waals surface area (Å²) in [5, 5.41) is 8.89. The molecule has 0 saturated carbocycles. The number of halogens is 1. The first-order chi connectivity index (χ1) is 16.5. The zero-order chi connectivity index (χ0) is 24.2. The van der Waals surface area contributed by atoms with Crippen molar-refractivity contribution in [2.45, 2.75) is 19.4 Å². The Morgan fingerprint density at radius 3 is 2.74 bits per heavy atom. The van der Waals surface area contributed by atoms with Gasteiger partial charge in [0, 0.05) is 10.0 Å². The molecule has 0 radical (unpaired) electrons. The van der Waals surface area contributed by atoms with Gasteiger partial charge >= 0.3 is 5.97 Å². The second kappa shape index (κ2) is 10.2. The van der Waals surface area contributed by atoms with Crippen LogP contribution in [0.3, 0.4) is 0 Å². The summed E-state index contributed by atoms with van der Waals surface area (Å²) in [6.07, 6.45) is 2.23. The summed E-state index contributed by atoms with van der Waals surface area (Å²) in [6.45, 7) is 1.80. The molecule has 172 valence electrons. The molecule has 1 aliphatic rings. The van der Waals surface area contributed by atoms with E-state index in [2.05, 4.69) is 20.9 Å². The zero-order valence-electron chi connectivity index (χ0n) is 18.4. The molecule has 1 aromatic heterocycles. The van der Waals surface area contributed by atoms with E-state index in [1.54, 1.807) is 22.8 Å². The Kier molecular flexibility index (Phi) is 7.10. The second-order valence-electron chi connectivity index (χ2n) is 7.33. The van der Waals surface area contributed by atoms with Crippen molar-refractivity contribution >= 4 is 39.3 Å². The molecule has 0 fully saturated rings. The Morgan fingerprint density at radius 2 is 2.06 bits per heavy atom. The molecule has 1 aliphatic heterocycles. The predicted molar refractivity (Wildman–Crippen MR) is 132 cm³/mol. The molecule has 0 bridgehead atoms. The number of nitrogens with zero attached hydrogens (tertiary/aromatic N) is 3. The van der Waals surface area contributed by atoms with Gasteiger partial charge < -0.3 is 9.47 Å². The summed E-state index contributed by atoms with van der Waals surface area (Å²) in [4.78, 5) is 31.6. The normalized spacial score (nSPS) is 15.4. The molecule has 0 unspecified atom stereocenters. The third-order valence-corrected chi connectivity index (χ3v) is 6.79. The van der Waals surface area contributed by atoms with Crippen LogP contribution in [0.4, 0.5) is 0 Å². The van der Waals surface area contributed by atoms with Crippen molar-refractivity contribution in [3.8, 4) is 11.8 Å². The number of esters is 1. The van der Waals surface area contributed by atoms with Crippen LogP contribution in [0, 0.1) is 11.3 Å². The van der Waals surface area contributed by atoms with Crippen LogP contribution >= 0.6 is 27.3 Å². The molecule has 2 aromatic carbocycles. The molecule has 4 rings (SSSR count). The minimum atomic E-state index is -0.654. The Balaban J connectivity index is 1.98. The van der Waals surface area contributed by atoms with Gasteiger partial charge in [-0.25, -0.2) is 9.79 Å². The summed E-state index contributed by atoms with van der Waals surface area (Å²) < 4.78 is 13.4. The minimum Gasteiger partial charge on any atom is -0.478 e. The highest BCUT2D eigenvalue weighted by Crippen LogP contribution is 2.31. The van der Waals surface area contributed by atoms with E-state index in [1.165, 1.54) is 18.4 Å². The Bertz CT molecular complexity index is 1500. The summed E-state index contributed by atoms with van der Waals surface area (Å²) >= 11 is 4.69. The molecule has 34 heavy (non-hydrogen) atoms. The number of fused-ring (bicyclic) bond motifs is 1. The number of carbonyl (C=O) groups excluding carboxylic acids is 1. The molecule has 1 atom stereocenters. The molecular weight excluding hydrogens is 518 g/mol. The largest absolute Gasteiger partial charge is 0.478 e. The Hall–Kier alpha value is -3.48. The lowest BCUT2D eigenvalue weighted by atomic mass is 9.95. The summed E-state index contributed by atoms with van der Waals surface area (Å²) in [6, 6.07) is 16.0. The van der Waals surface area contributed by atoms with Gasteiger partial charge in [-0.2, -0.15) is 5.26 Å². The average Bonchev–Trinajstić information content (AvgIpc) is 3.17. The topological polar surface area (TPSA) is 93.7 Å².